The number of fused-ring (bicyclic) bond motifs is 1. The minimum Gasteiger partial charge on any atom is -0.373 e. The number of rotatable bonds is 12. The van der Waals surface area contributed by atoms with Crippen LogP contribution in [0.25, 0.3) is 33.7 Å². The van der Waals surface area contributed by atoms with Crippen molar-refractivity contribution in [3.8, 4) is 22.4 Å². The maximum Gasteiger partial charge on any atom is 0.249 e. The number of morpholine rings is 1. The summed E-state index contributed by atoms with van der Waals surface area (Å²) in [6.07, 6.45) is 9.45. The Labute approximate surface area is 379 Å². The van der Waals surface area contributed by atoms with Gasteiger partial charge in [0.15, 0.2) is 5.65 Å². The van der Waals surface area contributed by atoms with Crippen LogP contribution in [0.5, 0.6) is 0 Å². The smallest absolute Gasteiger partial charge is 0.249 e. The Balaban J connectivity index is 0.648. The minimum atomic E-state index is -0.656. The number of aryl methyl sites for hydroxylation is 1. The molecule has 0 saturated carbocycles. The largest absolute Gasteiger partial charge is 0.373 e. The van der Waals surface area contributed by atoms with E-state index >= 15 is 4.39 Å². The standard InChI is InChI=1S/C45H51FN16O4/c1-56-26-33(23-50-56)39-24-47-43-42(52-39)54-55-62(43)28-35-27-61(18-19-66-35)45-48-21-32(22-49-45)31-4-2-30(3-5-31)25-57-10-12-58(13-11-57)29-41(64)60-16-14-59(15-17-60)34-6-7-37(36(46)20-34)51-38-8-9-40(63)53-44(38)65/h2-7,20-24,26,35,38,51H,8-19,25,27-29H2,1H3,(H,53,63,65)/t35-,38?/m0/s1. The van der Waals surface area contributed by atoms with E-state index in [0.717, 1.165) is 55.1 Å². The third kappa shape index (κ3) is 9.68. The number of hydrogen-bond donors (Lipinski definition) is 2. The van der Waals surface area contributed by atoms with Crippen molar-refractivity contribution in [3.63, 3.8) is 0 Å². The second-order valence-corrected chi connectivity index (χ2v) is 17.2. The van der Waals surface area contributed by atoms with Gasteiger partial charge in [0.1, 0.15) is 11.9 Å². The number of halogens is 1. The van der Waals surface area contributed by atoms with Crippen molar-refractivity contribution in [1.82, 2.24) is 64.7 Å². The van der Waals surface area contributed by atoms with Gasteiger partial charge in [-0.25, -0.2) is 29.0 Å². The Hall–Kier alpha value is -6.97. The third-order valence-electron chi connectivity index (χ3n) is 12.7. The predicted octanol–water partition coefficient (Wildman–Crippen LogP) is 1.81. The number of carbonyl (C=O) groups is 3. The van der Waals surface area contributed by atoms with E-state index < -0.39 is 17.8 Å². The quantitative estimate of drug-likeness (QED) is 0.168. The number of nitrogens with one attached hydrogen (secondary N) is 2. The van der Waals surface area contributed by atoms with Crippen molar-refractivity contribution in [3.05, 3.63) is 84.8 Å². The molecule has 10 rings (SSSR count). The van der Waals surface area contributed by atoms with Gasteiger partial charge in [-0.15, -0.1) is 5.10 Å². The predicted molar refractivity (Wildman–Crippen MR) is 241 cm³/mol. The van der Waals surface area contributed by atoms with Crippen LogP contribution in [0.15, 0.2) is 73.4 Å². The lowest BCUT2D eigenvalue weighted by atomic mass is 10.1. The topological polar surface area (TPSA) is 201 Å². The molecule has 4 aliphatic heterocycles. The zero-order chi connectivity index (χ0) is 45.1. The number of hydrogen-bond acceptors (Lipinski definition) is 16. The highest BCUT2D eigenvalue weighted by molar-refractivity contribution is 6.01. The van der Waals surface area contributed by atoms with Gasteiger partial charge in [0.2, 0.25) is 29.3 Å². The lowest BCUT2D eigenvalue weighted by Crippen LogP contribution is -2.53. The molecule has 4 saturated heterocycles. The molecule has 66 heavy (non-hydrogen) atoms. The van der Waals surface area contributed by atoms with Gasteiger partial charge in [-0.05, 0) is 35.7 Å². The maximum atomic E-state index is 15.0. The number of anilines is 3. The van der Waals surface area contributed by atoms with E-state index in [4.69, 9.17) is 14.7 Å². The molecule has 342 valence electrons. The van der Waals surface area contributed by atoms with Gasteiger partial charge < -0.3 is 24.8 Å². The third-order valence-corrected chi connectivity index (χ3v) is 12.7. The highest BCUT2D eigenvalue weighted by Gasteiger charge is 2.29. The molecule has 4 aliphatic rings. The number of aromatic nitrogens is 9. The number of nitrogens with zero attached hydrogens (tertiary/aromatic N) is 14. The highest BCUT2D eigenvalue weighted by atomic mass is 19.1. The van der Waals surface area contributed by atoms with Gasteiger partial charge in [0.05, 0.1) is 49.6 Å². The van der Waals surface area contributed by atoms with Gasteiger partial charge in [-0.3, -0.25) is 34.2 Å². The molecule has 8 heterocycles. The first kappa shape index (κ1) is 43.0. The summed E-state index contributed by atoms with van der Waals surface area (Å²) in [5.74, 6) is -0.460. The van der Waals surface area contributed by atoms with E-state index in [1.165, 1.54) is 11.6 Å². The van der Waals surface area contributed by atoms with E-state index in [-0.39, 0.29) is 30.0 Å². The molecule has 4 fully saturated rings. The molecule has 2 atom stereocenters. The molecule has 0 bridgehead atoms. The molecule has 20 nitrogen and oxygen atoms in total. The van der Waals surface area contributed by atoms with Crippen molar-refractivity contribution in [2.75, 3.05) is 93.7 Å². The fraction of sp³-hybridized carbons (Fsp3) is 0.422. The molecule has 3 amide bonds. The molecular formula is C45H51FN16O4. The van der Waals surface area contributed by atoms with Crippen LogP contribution in [-0.4, -0.2) is 168 Å². The summed E-state index contributed by atoms with van der Waals surface area (Å²) >= 11 is 0. The Bertz CT molecular complexity index is 2700. The van der Waals surface area contributed by atoms with Crippen LogP contribution in [0.3, 0.4) is 0 Å². The number of carbonyl (C=O) groups excluding carboxylic acids is 3. The summed E-state index contributed by atoms with van der Waals surface area (Å²) in [6, 6.07) is 12.8. The molecule has 0 radical (unpaired) electrons. The molecular weight excluding hydrogens is 848 g/mol. The molecule has 2 aromatic carbocycles. The van der Waals surface area contributed by atoms with Gasteiger partial charge >= 0.3 is 0 Å². The first-order chi connectivity index (χ1) is 32.2. The zero-order valence-corrected chi connectivity index (χ0v) is 36.7. The van der Waals surface area contributed by atoms with Gasteiger partial charge in [0.25, 0.3) is 0 Å². The average Bonchev–Trinajstić information content (AvgIpc) is 3.97. The molecule has 2 N–H and O–H groups in total. The van der Waals surface area contributed by atoms with Gasteiger partial charge in [-0.1, -0.05) is 29.5 Å². The van der Waals surface area contributed by atoms with E-state index in [1.807, 2.05) is 36.6 Å². The Morgan fingerprint density at radius 1 is 0.864 bits per heavy atom. The minimum absolute atomic E-state index is 0.115. The van der Waals surface area contributed by atoms with Crippen molar-refractivity contribution in [1.29, 1.82) is 0 Å². The monoisotopic (exact) mass is 898 g/mol. The molecule has 4 aromatic heterocycles. The number of imide groups is 1. The summed E-state index contributed by atoms with van der Waals surface area (Å²) < 4.78 is 24.6. The van der Waals surface area contributed by atoms with Crippen molar-refractivity contribution in [2.24, 2.45) is 7.05 Å². The molecule has 1 unspecified atom stereocenters. The van der Waals surface area contributed by atoms with Crippen LogP contribution in [-0.2, 0) is 39.3 Å². The summed E-state index contributed by atoms with van der Waals surface area (Å²) in [4.78, 5) is 66.3. The maximum absolute atomic E-state index is 15.0. The van der Waals surface area contributed by atoms with E-state index in [0.29, 0.717) is 88.3 Å². The second-order valence-electron chi connectivity index (χ2n) is 17.2. The van der Waals surface area contributed by atoms with Crippen LogP contribution < -0.4 is 20.4 Å². The normalized spacial score (nSPS) is 19.9. The van der Waals surface area contributed by atoms with Crippen LogP contribution in [0, 0.1) is 5.82 Å². The molecule has 0 spiro atoms. The molecule has 0 aliphatic carbocycles. The Kier molecular flexibility index (Phi) is 12.3. The average molecular weight is 899 g/mol. The summed E-state index contributed by atoms with van der Waals surface area (Å²) in [5, 5.41) is 18.0. The van der Waals surface area contributed by atoms with Gasteiger partial charge in [-0.2, -0.15) is 5.10 Å². The first-order valence-electron chi connectivity index (χ1n) is 22.4. The summed E-state index contributed by atoms with van der Waals surface area (Å²) in [7, 11) is 1.86. The van der Waals surface area contributed by atoms with Crippen LogP contribution in [0.4, 0.5) is 21.7 Å². The van der Waals surface area contributed by atoms with Crippen molar-refractivity contribution < 1.29 is 23.5 Å². The number of ether oxygens (including phenoxy) is 1. The summed E-state index contributed by atoms with van der Waals surface area (Å²) in [5.41, 5.74) is 6.77. The van der Waals surface area contributed by atoms with Crippen LogP contribution in [0.1, 0.15) is 18.4 Å². The van der Waals surface area contributed by atoms with Crippen molar-refractivity contribution >= 4 is 46.3 Å². The van der Waals surface area contributed by atoms with E-state index in [2.05, 4.69) is 79.9 Å². The lowest BCUT2D eigenvalue weighted by molar-refractivity contribution is -0.134. The van der Waals surface area contributed by atoms with Crippen LogP contribution in [0.2, 0.25) is 0 Å². The van der Waals surface area contributed by atoms with E-state index in [9.17, 15) is 14.4 Å². The Morgan fingerprint density at radius 2 is 1.65 bits per heavy atom. The molecule has 21 heteroatoms. The lowest BCUT2D eigenvalue weighted by Gasteiger charge is -2.38. The van der Waals surface area contributed by atoms with E-state index in [1.54, 1.807) is 27.8 Å². The fourth-order valence-corrected chi connectivity index (χ4v) is 8.92. The number of piperidine rings is 1. The second kappa shape index (κ2) is 18.9. The summed E-state index contributed by atoms with van der Waals surface area (Å²) in [6.45, 7) is 9.19. The number of benzene rings is 2. The first-order valence-corrected chi connectivity index (χ1v) is 22.4. The highest BCUT2D eigenvalue weighted by Crippen LogP contribution is 2.26. The van der Waals surface area contributed by atoms with Gasteiger partial charge in [0, 0.05) is 121 Å². The fourth-order valence-electron chi connectivity index (χ4n) is 8.92. The number of amides is 3. The van der Waals surface area contributed by atoms with Crippen molar-refractivity contribution in [2.45, 2.75) is 38.1 Å². The SMILES string of the molecule is Cn1cc(-c2cnc3c(nnn3C[C@@H]3CN(c4ncc(-c5ccc(CN6CCN(CC(=O)N7CCN(c8ccc(NC9CCC(=O)NC9=O)c(F)c8)CC7)CC6)cc5)cn4)CCO3)n2)cn1. The van der Waals surface area contributed by atoms with Crippen LogP contribution >= 0.6 is 0 Å². The Morgan fingerprint density at radius 3 is 2.39 bits per heavy atom. The number of piperazine rings is 2. The zero-order valence-electron chi connectivity index (χ0n) is 36.7. The molecule has 6 aromatic rings.